The van der Waals surface area contributed by atoms with E-state index in [2.05, 4.69) is 6.92 Å². The molecule has 0 bridgehead atoms. The summed E-state index contributed by atoms with van der Waals surface area (Å²) in [5, 5.41) is 9.51. The van der Waals surface area contributed by atoms with E-state index >= 15 is 0 Å². The van der Waals surface area contributed by atoms with E-state index in [0.29, 0.717) is 13.1 Å². The van der Waals surface area contributed by atoms with Crippen LogP contribution in [0.5, 0.6) is 0 Å². The predicted octanol–water partition coefficient (Wildman–Crippen LogP) is 1.89. The third-order valence-electron chi connectivity index (χ3n) is 5.57. The smallest absolute Gasteiger partial charge is 0.311 e. The minimum atomic E-state index is -0.693. The lowest BCUT2D eigenvalue weighted by Gasteiger charge is -2.25. The average molecular weight is 251 g/mol. The fraction of sp³-hybridized carbons (Fsp3) is 0.857. The molecule has 4 heteroatoms. The second-order valence-corrected chi connectivity index (χ2v) is 6.37. The summed E-state index contributed by atoms with van der Waals surface area (Å²) in [5.74, 6) is -0.284. The van der Waals surface area contributed by atoms with Crippen molar-refractivity contribution in [2.24, 2.45) is 16.7 Å². The van der Waals surface area contributed by atoms with Gasteiger partial charge in [-0.15, -0.1) is 0 Å². The molecule has 0 unspecified atom stereocenters. The van der Waals surface area contributed by atoms with Crippen LogP contribution in [0.2, 0.25) is 0 Å². The summed E-state index contributed by atoms with van der Waals surface area (Å²) in [7, 11) is 0. The van der Waals surface area contributed by atoms with Gasteiger partial charge >= 0.3 is 5.97 Å². The van der Waals surface area contributed by atoms with Crippen LogP contribution in [0.4, 0.5) is 0 Å². The number of carbonyl (C=O) groups excluding carboxylic acids is 1. The Hall–Kier alpha value is -1.06. The number of carboxylic acids is 1. The van der Waals surface area contributed by atoms with Crippen molar-refractivity contribution in [3.8, 4) is 0 Å². The molecular weight excluding hydrogens is 230 g/mol. The van der Waals surface area contributed by atoms with Gasteiger partial charge < -0.3 is 10.0 Å². The Kier molecular flexibility index (Phi) is 2.48. The molecule has 100 valence electrons. The predicted molar refractivity (Wildman–Crippen MR) is 65.9 cm³/mol. The molecule has 18 heavy (non-hydrogen) atoms. The van der Waals surface area contributed by atoms with Crippen molar-refractivity contribution in [3.63, 3.8) is 0 Å². The van der Waals surface area contributed by atoms with Crippen LogP contribution in [-0.4, -0.2) is 35.0 Å². The highest BCUT2D eigenvalue weighted by Gasteiger charge is 2.59. The number of hydrogen-bond donors (Lipinski definition) is 1. The number of likely N-dealkylation sites (tertiary alicyclic amines) is 1. The lowest BCUT2D eigenvalue weighted by atomic mass is 9.81. The first kappa shape index (κ1) is 12.0. The molecule has 1 N–H and O–H groups in total. The zero-order chi connectivity index (χ0) is 13.0. The van der Waals surface area contributed by atoms with Crippen LogP contribution in [-0.2, 0) is 9.59 Å². The quantitative estimate of drug-likeness (QED) is 0.833. The van der Waals surface area contributed by atoms with Gasteiger partial charge in [0.25, 0.3) is 0 Å². The summed E-state index contributed by atoms with van der Waals surface area (Å²) < 4.78 is 0. The van der Waals surface area contributed by atoms with Crippen LogP contribution >= 0.6 is 0 Å². The standard InChI is InChI=1S/C14H21NO3/c1-2-13(6-7-13)11(16)15-8-10-4-3-5-14(10,9-15)12(17)18/h10H,2-9H2,1H3,(H,17,18)/t10-,14+/m0/s1. The number of hydrogen-bond acceptors (Lipinski definition) is 2. The Balaban J connectivity index is 1.79. The monoisotopic (exact) mass is 251 g/mol. The zero-order valence-electron chi connectivity index (χ0n) is 10.9. The largest absolute Gasteiger partial charge is 0.481 e. The van der Waals surface area contributed by atoms with Crippen LogP contribution in [0.25, 0.3) is 0 Å². The molecule has 0 aromatic heterocycles. The Morgan fingerprint density at radius 3 is 2.56 bits per heavy atom. The lowest BCUT2D eigenvalue weighted by molar-refractivity contribution is -0.149. The molecule has 0 aromatic carbocycles. The van der Waals surface area contributed by atoms with Gasteiger partial charge in [-0.05, 0) is 38.0 Å². The summed E-state index contributed by atoms with van der Waals surface area (Å²) >= 11 is 0. The third-order valence-corrected chi connectivity index (χ3v) is 5.57. The summed E-state index contributed by atoms with van der Waals surface area (Å²) in [4.78, 5) is 25.9. The lowest BCUT2D eigenvalue weighted by Crippen LogP contribution is -2.39. The SMILES string of the molecule is CCC1(C(=O)N2C[C@@H]3CCC[C@@]3(C(=O)O)C2)CC1. The van der Waals surface area contributed by atoms with Crippen molar-refractivity contribution in [3.05, 3.63) is 0 Å². The van der Waals surface area contributed by atoms with E-state index in [-0.39, 0.29) is 17.2 Å². The van der Waals surface area contributed by atoms with Gasteiger partial charge in [0.15, 0.2) is 0 Å². The van der Waals surface area contributed by atoms with E-state index in [1.165, 1.54) is 0 Å². The molecule has 1 amide bonds. The van der Waals surface area contributed by atoms with Crippen LogP contribution in [0.15, 0.2) is 0 Å². The molecule has 1 aliphatic heterocycles. The number of aliphatic carboxylic acids is 1. The Labute approximate surface area is 107 Å². The van der Waals surface area contributed by atoms with Gasteiger partial charge in [0.1, 0.15) is 0 Å². The summed E-state index contributed by atoms with van der Waals surface area (Å²) in [6, 6.07) is 0. The number of carbonyl (C=O) groups is 2. The summed E-state index contributed by atoms with van der Waals surface area (Å²) in [6.07, 6.45) is 5.59. The topological polar surface area (TPSA) is 57.6 Å². The molecule has 3 aliphatic rings. The van der Waals surface area contributed by atoms with E-state index in [1.807, 2.05) is 4.90 Å². The van der Waals surface area contributed by atoms with Crippen LogP contribution in [0, 0.1) is 16.7 Å². The molecule has 0 spiro atoms. The minimum absolute atomic E-state index is 0.127. The number of carboxylic acid groups (broad SMARTS) is 1. The molecule has 0 radical (unpaired) electrons. The Morgan fingerprint density at radius 1 is 1.33 bits per heavy atom. The average Bonchev–Trinajstić information content (AvgIpc) is 2.89. The second-order valence-electron chi connectivity index (χ2n) is 6.37. The van der Waals surface area contributed by atoms with Crippen LogP contribution in [0.3, 0.4) is 0 Å². The van der Waals surface area contributed by atoms with E-state index < -0.39 is 11.4 Å². The highest BCUT2D eigenvalue weighted by Crippen LogP contribution is 2.54. The molecule has 3 rings (SSSR count). The first-order valence-corrected chi connectivity index (χ1v) is 7.07. The number of nitrogens with zero attached hydrogens (tertiary/aromatic N) is 1. The van der Waals surface area contributed by atoms with Gasteiger partial charge in [0, 0.05) is 18.5 Å². The van der Waals surface area contributed by atoms with Crippen molar-refractivity contribution in [2.45, 2.75) is 45.4 Å². The molecule has 2 aliphatic carbocycles. The molecule has 3 fully saturated rings. The summed E-state index contributed by atoms with van der Waals surface area (Å²) in [6.45, 7) is 3.19. The minimum Gasteiger partial charge on any atom is -0.481 e. The number of fused-ring (bicyclic) bond motifs is 1. The van der Waals surface area contributed by atoms with Crippen molar-refractivity contribution >= 4 is 11.9 Å². The van der Waals surface area contributed by atoms with Gasteiger partial charge in [-0.2, -0.15) is 0 Å². The summed E-state index contributed by atoms with van der Waals surface area (Å²) in [5.41, 5.74) is -0.752. The fourth-order valence-corrected chi connectivity index (χ4v) is 4.00. The molecule has 4 nitrogen and oxygen atoms in total. The normalized spacial score (nSPS) is 36.5. The van der Waals surface area contributed by atoms with Gasteiger partial charge in [0.2, 0.25) is 5.91 Å². The number of amides is 1. The first-order chi connectivity index (χ1) is 8.54. The second kappa shape index (κ2) is 3.72. The highest BCUT2D eigenvalue weighted by atomic mass is 16.4. The van der Waals surface area contributed by atoms with Crippen LogP contribution in [0.1, 0.15) is 45.4 Å². The Morgan fingerprint density at radius 2 is 2.06 bits per heavy atom. The molecule has 1 heterocycles. The first-order valence-electron chi connectivity index (χ1n) is 7.07. The zero-order valence-corrected chi connectivity index (χ0v) is 10.9. The van der Waals surface area contributed by atoms with Crippen molar-refractivity contribution in [1.82, 2.24) is 4.90 Å². The number of rotatable bonds is 3. The molecule has 0 aromatic rings. The Bertz CT molecular complexity index is 402. The van der Waals surface area contributed by atoms with E-state index in [9.17, 15) is 14.7 Å². The molecule has 2 saturated carbocycles. The fourth-order valence-electron chi connectivity index (χ4n) is 4.00. The van der Waals surface area contributed by atoms with Crippen molar-refractivity contribution in [1.29, 1.82) is 0 Å². The van der Waals surface area contributed by atoms with Gasteiger partial charge in [-0.1, -0.05) is 13.3 Å². The molecule has 2 atom stereocenters. The van der Waals surface area contributed by atoms with Gasteiger partial charge in [-0.25, -0.2) is 0 Å². The molecule has 1 saturated heterocycles. The maximum Gasteiger partial charge on any atom is 0.311 e. The highest BCUT2D eigenvalue weighted by molar-refractivity contribution is 5.87. The maximum atomic E-state index is 12.5. The van der Waals surface area contributed by atoms with Crippen molar-refractivity contribution < 1.29 is 14.7 Å². The van der Waals surface area contributed by atoms with Crippen molar-refractivity contribution in [2.75, 3.05) is 13.1 Å². The van der Waals surface area contributed by atoms with E-state index in [1.54, 1.807) is 0 Å². The van der Waals surface area contributed by atoms with Gasteiger partial charge in [0.05, 0.1) is 5.41 Å². The maximum absolute atomic E-state index is 12.5. The molecular formula is C14H21NO3. The van der Waals surface area contributed by atoms with Gasteiger partial charge in [-0.3, -0.25) is 9.59 Å². The van der Waals surface area contributed by atoms with E-state index in [4.69, 9.17) is 0 Å². The third kappa shape index (κ3) is 1.44. The van der Waals surface area contributed by atoms with Crippen LogP contribution < -0.4 is 0 Å². The van der Waals surface area contributed by atoms with E-state index in [0.717, 1.165) is 38.5 Å².